The smallest absolute Gasteiger partial charge is 0.273 e. The van der Waals surface area contributed by atoms with Gasteiger partial charge in [-0.05, 0) is 18.4 Å². The van der Waals surface area contributed by atoms with Gasteiger partial charge in [-0.2, -0.15) is 0 Å². The molecule has 20 heavy (non-hydrogen) atoms. The molecular formula is C13H19N2O4P. The highest BCUT2D eigenvalue weighted by molar-refractivity contribution is 7.56. The number of hydroxylamine groups is 1. The Morgan fingerprint density at radius 1 is 1.40 bits per heavy atom. The summed E-state index contributed by atoms with van der Waals surface area (Å²) in [6, 6.07) is 9.75. The number of carbonyl (C=O) groups excluding carboxylic acids is 1. The van der Waals surface area contributed by atoms with E-state index in [0.29, 0.717) is 25.7 Å². The van der Waals surface area contributed by atoms with Crippen molar-refractivity contribution in [3.63, 3.8) is 0 Å². The summed E-state index contributed by atoms with van der Waals surface area (Å²) in [6.07, 6.45) is 1.74. The summed E-state index contributed by atoms with van der Waals surface area (Å²) in [5.41, 5.74) is 2.65. The molecule has 0 spiro atoms. The average Bonchev–Trinajstić information content (AvgIpc) is 2.49. The summed E-state index contributed by atoms with van der Waals surface area (Å²) < 4.78 is 19.8. The van der Waals surface area contributed by atoms with Crippen LogP contribution < -0.4 is 5.48 Å². The number of hydrogen-bond acceptors (Lipinski definition) is 4. The molecule has 1 amide bonds. The Hall–Kier alpha value is -1.20. The average molecular weight is 298 g/mol. The number of carbonyl (C=O) groups is 1. The predicted octanol–water partition coefficient (Wildman–Crippen LogP) is 1.65. The van der Waals surface area contributed by atoms with Crippen LogP contribution in [0, 0.1) is 0 Å². The zero-order valence-corrected chi connectivity index (χ0v) is 12.1. The Labute approximate surface area is 118 Å². The van der Waals surface area contributed by atoms with Gasteiger partial charge in [-0.3, -0.25) is 14.6 Å². The van der Waals surface area contributed by atoms with Crippen molar-refractivity contribution in [3.05, 3.63) is 35.9 Å². The fraction of sp³-hybridized carbons (Fsp3) is 0.462. The second-order valence-corrected chi connectivity index (χ2v) is 7.25. The van der Waals surface area contributed by atoms with Crippen LogP contribution in [0.25, 0.3) is 0 Å². The van der Waals surface area contributed by atoms with Gasteiger partial charge in [0.1, 0.15) is 0 Å². The first-order valence-electron chi connectivity index (χ1n) is 6.60. The number of hydrogen-bond donors (Lipinski definition) is 2. The van der Waals surface area contributed by atoms with E-state index in [1.165, 1.54) is 0 Å². The molecule has 0 aliphatic carbocycles. The van der Waals surface area contributed by atoms with E-state index in [1.54, 1.807) is 10.2 Å². The number of aryl methyl sites for hydroxylation is 1. The molecule has 0 radical (unpaired) electrons. The van der Waals surface area contributed by atoms with Gasteiger partial charge in [0, 0.05) is 12.7 Å². The third-order valence-electron chi connectivity index (χ3n) is 3.26. The Bertz CT molecular complexity index is 494. The second-order valence-electron chi connectivity index (χ2n) is 4.71. The summed E-state index contributed by atoms with van der Waals surface area (Å²) in [5, 5.41) is 8.59. The van der Waals surface area contributed by atoms with Gasteiger partial charge >= 0.3 is 0 Å². The molecule has 0 saturated carbocycles. The van der Waals surface area contributed by atoms with Gasteiger partial charge in [0.25, 0.3) is 13.4 Å². The van der Waals surface area contributed by atoms with Crippen molar-refractivity contribution >= 4 is 13.4 Å². The van der Waals surface area contributed by atoms with E-state index in [4.69, 9.17) is 9.73 Å². The quantitative estimate of drug-likeness (QED) is 0.491. The van der Waals surface area contributed by atoms with Crippen LogP contribution in [0.15, 0.2) is 30.3 Å². The van der Waals surface area contributed by atoms with E-state index in [1.807, 2.05) is 30.3 Å². The third-order valence-corrected chi connectivity index (χ3v) is 5.84. The Kier molecular flexibility index (Phi) is 5.31. The van der Waals surface area contributed by atoms with Crippen LogP contribution in [-0.2, 0) is 20.3 Å². The zero-order chi connectivity index (χ0) is 14.4. The summed E-state index contributed by atoms with van der Waals surface area (Å²) in [6.45, 7) is 0.880. The lowest BCUT2D eigenvalue weighted by Gasteiger charge is -2.34. The number of nitrogens with zero attached hydrogens (tertiary/aromatic N) is 1. The van der Waals surface area contributed by atoms with Crippen molar-refractivity contribution in [2.75, 3.05) is 25.9 Å². The molecule has 0 bridgehead atoms. The minimum Gasteiger partial charge on any atom is -0.317 e. The molecule has 1 aromatic carbocycles. The molecule has 1 aliphatic heterocycles. The minimum absolute atomic E-state index is 0.109. The van der Waals surface area contributed by atoms with Crippen LogP contribution in [0.3, 0.4) is 0 Å². The van der Waals surface area contributed by atoms with E-state index < -0.39 is 13.4 Å². The summed E-state index contributed by atoms with van der Waals surface area (Å²) in [5.74, 6) is -0.574. The number of nitrogens with one attached hydrogen (secondary N) is 1. The summed E-state index contributed by atoms with van der Waals surface area (Å²) in [4.78, 5) is 11.3. The molecule has 110 valence electrons. The van der Waals surface area contributed by atoms with E-state index in [9.17, 15) is 9.36 Å². The minimum atomic E-state index is -2.99. The van der Waals surface area contributed by atoms with Crippen LogP contribution >= 0.6 is 7.52 Å². The second kappa shape index (κ2) is 6.99. The highest BCUT2D eigenvalue weighted by Crippen LogP contribution is 2.53. The first-order chi connectivity index (χ1) is 9.64. The van der Waals surface area contributed by atoms with Crippen LogP contribution in [0.5, 0.6) is 0 Å². The zero-order valence-electron chi connectivity index (χ0n) is 11.2. The maximum atomic E-state index is 12.8. The molecule has 2 N–H and O–H groups in total. The molecule has 1 atom stereocenters. The van der Waals surface area contributed by atoms with Crippen molar-refractivity contribution in [3.8, 4) is 0 Å². The predicted molar refractivity (Wildman–Crippen MR) is 74.7 cm³/mol. The molecule has 6 nitrogen and oxygen atoms in total. The fourth-order valence-electron chi connectivity index (χ4n) is 2.20. The number of rotatable bonds is 5. The summed E-state index contributed by atoms with van der Waals surface area (Å²) >= 11 is 0. The lowest BCUT2D eigenvalue weighted by atomic mass is 10.2. The van der Waals surface area contributed by atoms with Gasteiger partial charge in [-0.25, -0.2) is 10.2 Å². The van der Waals surface area contributed by atoms with Crippen LogP contribution in [-0.4, -0.2) is 41.6 Å². The third kappa shape index (κ3) is 3.90. The molecule has 1 unspecified atom stereocenters. The SMILES string of the molecule is O=C(CN1CCCOP1(=O)CCc1ccccc1)NO. The first-order valence-corrected chi connectivity index (χ1v) is 8.36. The Balaban J connectivity index is 2.01. The van der Waals surface area contributed by atoms with E-state index in [0.717, 1.165) is 12.0 Å². The normalized spacial score (nSPS) is 23.4. The van der Waals surface area contributed by atoms with Crippen LogP contribution in [0.2, 0.25) is 0 Å². The van der Waals surface area contributed by atoms with Crippen molar-refractivity contribution < 1.29 is 19.1 Å². The maximum absolute atomic E-state index is 12.8. The van der Waals surface area contributed by atoms with E-state index >= 15 is 0 Å². The lowest BCUT2D eigenvalue weighted by Crippen LogP contribution is -2.38. The first kappa shape index (κ1) is 15.2. The van der Waals surface area contributed by atoms with Gasteiger partial charge in [0.2, 0.25) is 0 Å². The molecule has 7 heteroatoms. The van der Waals surface area contributed by atoms with Crippen LogP contribution in [0.4, 0.5) is 0 Å². The number of amides is 1. The van der Waals surface area contributed by atoms with Crippen molar-refractivity contribution in [2.24, 2.45) is 0 Å². The van der Waals surface area contributed by atoms with Crippen molar-refractivity contribution in [1.82, 2.24) is 10.2 Å². The van der Waals surface area contributed by atoms with Gasteiger partial charge in [-0.15, -0.1) is 0 Å². The van der Waals surface area contributed by atoms with Gasteiger partial charge in [0.05, 0.1) is 13.2 Å². The topological polar surface area (TPSA) is 78.9 Å². The fourth-order valence-corrected chi connectivity index (χ4v) is 4.52. The highest BCUT2D eigenvalue weighted by Gasteiger charge is 2.35. The van der Waals surface area contributed by atoms with Crippen molar-refractivity contribution in [1.29, 1.82) is 0 Å². The molecule has 1 saturated heterocycles. The Morgan fingerprint density at radius 3 is 2.85 bits per heavy atom. The van der Waals surface area contributed by atoms with Gasteiger partial charge < -0.3 is 4.52 Å². The maximum Gasteiger partial charge on any atom is 0.273 e. The molecule has 0 aromatic heterocycles. The molecular weight excluding hydrogens is 279 g/mol. The lowest BCUT2D eigenvalue weighted by molar-refractivity contribution is -0.129. The standard InChI is InChI=1S/C13H19N2O4P/c16-13(14-17)11-15-8-4-9-19-20(15,18)10-7-12-5-2-1-3-6-12/h1-3,5-6,17H,4,7-11H2,(H,14,16). The molecule has 2 rings (SSSR count). The molecule has 1 aromatic rings. The van der Waals surface area contributed by atoms with Crippen LogP contribution in [0.1, 0.15) is 12.0 Å². The molecule has 1 heterocycles. The van der Waals surface area contributed by atoms with Gasteiger partial charge in [-0.1, -0.05) is 30.3 Å². The summed E-state index contributed by atoms with van der Waals surface area (Å²) in [7, 11) is -2.99. The highest BCUT2D eigenvalue weighted by atomic mass is 31.2. The van der Waals surface area contributed by atoms with Crippen molar-refractivity contribution in [2.45, 2.75) is 12.8 Å². The molecule has 1 fully saturated rings. The largest absolute Gasteiger partial charge is 0.317 e. The van der Waals surface area contributed by atoms with E-state index in [-0.39, 0.29) is 6.54 Å². The van der Waals surface area contributed by atoms with Gasteiger partial charge in [0.15, 0.2) is 0 Å². The molecule has 1 aliphatic rings. The van der Waals surface area contributed by atoms with E-state index in [2.05, 4.69) is 0 Å². The monoisotopic (exact) mass is 298 g/mol. The number of benzene rings is 1. The Morgan fingerprint density at radius 2 is 2.15 bits per heavy atom.